The molecule has 1 aliphatic rings. The van der Waals surface area contributed by atoms with Crippen LogP contribution in [0.5, 0.6) is 0 Å². The first kappa shape index (κ1) is 14.9. The molecule has 2 aromatic rings. The zero-order chi connectivity index (χ0) is 14.7. The molecular weight excluding hydrogens is 306 g/mol. The van der Waals surface area contributed by atoms with Crippen LogP contribution in [0, 0.1) is 6.92 Å². The lowest BCUT2D eigenvalue weighted by Gasteiger charge is -2.19. The summed E-state index contributed by atoms with van der Waals surface area (Å²) >= 11 is 4.01. The number of thioether (sulfide) groups is 2. The van der Waals surface area contributed by atoms with Gasteiger partial charge in [-0.25, -0.2) is 4.98 Å². The molecule has 114 valence electrons. The quantitative estimate of drug-likeness (QED) is 0.888. The maximum Gasteiger partial charge on any atom is 0.274 e. The molecule has 6 nitrogen and oxygen atoms in total. The van der Waals surface area contributed by atoms with Gasteiger partial charge in [-0.3, -0.25) is 15.2 Å². The standard InChI is InChI=1S/C13H19N5OS2/c1-9-7-12(19)18-13(15-9)16-10(17-18)8-14-11-3-6-20-4-2-5-21-11/h7,11,14H,2-6,8H2,1H3,(H,15,16,17). The van der Waals surface area contributed by atoms with Crippen LogP contribution < -0.4 is 10.9 Å². The van der Waals surface area contributed by atoms with Crippen LogP contribution in [-0.2, 0) is 6.54 Å². The minimum absolute atomic E-state index is 0.118. The molecule has 2 N–H and O–H groups in total. The Labute approximate surface area is 131 Å². The van der Waals surface area contributed by atoms with Crippen molar-refractivity contribution in [2.24, 2.45) is 0 Å². The summed E-state index contributed by atoms with van der Waals surface area (Å²) in [4.78, 5) is 20.5. The van der Waals surface area contributed by atoms with Gasteiger partial charge in [0.15, 0.2) is 0 Å². The molecule has 8 heteroatoms. The van der Waals surface area contributed by atoms with Crippen molar-refractivity contribution in [2.75, 3.05) is 17.3 Å². The van der Waals surface area contributed by atoms with E-state index in [4.69, 9.17) is 0 Å². The molecule has 0 spiro atoms. The van der Waals surface area contributed by atoms with Crippen LogP contribution in [0.1, 0.15) is 24.4 Å². The van der Waals surface area contributed by atoms with Crippen molar-refractivity contribution in [3.63, 3.8) is 0 Å². The predicted molar refractivity (Wildman–Crippen MR) is 88.0 cm³/mol. The number of aromatic amines is 1. The van der Waals surface area contributed by atoms with Crippen LogP contribution in [0.15, 0.2) is 10.9 Å². The zero-order valence-electron chi connectivity index (χ0n) is 12.0. The topological polar surface area (TPSA) is 75.1 Å². The van der Waals surface area contributed by atoms with Crippen LogP contribution in [0.25, 0.3) is 5.78 Å². The number of aryl methyl sites for hydroxylation is 1. The molecule has 21 heavy (non-hydrogen) atoms. The second kappa shape index (κ2) is 6.85. The maximum absolute atomic E-state index is 11.8. The van der Waals surface area contributed by atoms with Gasteiger partial charge in [0, 0.05) is 11.8 Å². The van der Waals surface area contributed by atoms with Crippen molar-refractivity contribution in [1.82, 2.24) is 24.9 Å². The van der Waals surface area contributed by atoms with Gasteiger partial charge in [-0.2, -0.15) is 21.3 Å². The van der Waals surface area contributed by atoms with Crippen molar-refractivity contribution in [3.8, 4) is 0 Å². The van der Waals surface area contributed by atoms with Gasteiger partial charge in [0.25, 0.3) is 11.3 Å². The average Bonchev–Trinajstić information content (AvgIpc) is 2.80. The van der Waals surface area contributed by atoms with E-state index in [0.717, 1.165) is 12.2 Å². The van der Waals surface area contributed by atoms with E-state index >= 15 is 0 Å². The maximum atomic E-state index is 11.8. The Kier molecular flexibility index (Phi) is 4.87. The predicted octanol–water partition coefficient (Wildman–Crippen LogP) is 1.40. The summed E-state index contributed by atoms with van der Waals surface area (Å²) in [5.41, 5.74) is 0.576. The normalized spacial score (nSPS) is 20.3. The van der Waals surface area contributed by atoms with Gasteiger partial charge < -0.3 is 0 Å². The fourth-order valence-corrected chi connectivity index (χ4v) is 4.62. The molecule has 0 amide bonds. The molecule has 0 saturated carbocycles. The van der Waals surface area contributed by atoms with E-state index in [0.29, 0.717) is 23.4 Å². The summed E-state index contributed by atoms with van der Waals surface area (Å²) < 4.78 is 1.39. The first-order chi connectivity index (χ1) is 10.2. The Morgan fingerprint density at radius 2 is 2.33 bits per heavy atom. The highest BCUT2D eigenvalue weighted by atomic mass is 32.2. The van der Waals surface area contributed by atoms with Crippen molar-refractivity contribution in [1.29, 1.82) is 0 Å². The molecule has 0 bridgehead atoms. The van der Waals surface area contributed by atoms with Crippen molar-refractivity contribution >= 4 is 29.3 Å². The largest absolute Gasteiger partial charge is 0.298 e. The van der Waals surface area contributed by atoms with Gasteiger partial charge >= 0.3 is 0 Å². The molecule has 0 aromatic carbocycles. The Balaban J connectivity index is 1.67. The summed E-state index contributed by atoms with van der Waals surface area (Å²) in [5, 5.41) is 6.98. The first-order valence-corrected chi connectivity index (χ1v) is 9.31. The van der Waals surface area contributed by atoms with Gasteiger partial charge in [-0.15, -0.1) is 11.8 Å². The Morgan fingerprint density at radius 1 is 1.43 bits per heavy atom. The molecule has 2 aromatic heterocycles. The summed E-state index contributed by atoms with van der Waals surface area (Å²) in [6.45, 7) is 2.43. The molecule has 3 rings (SSSR count). The summed E-state index contributed by atoms with van der Waals surface area (Å²) in [6, 6.07) is 1.50. The molecule has 1 unspecified atom stereocenters. The third kappa shape index (κ3) is 3.81. The lowest BCUT2D eigenvalue weighted by atomic mass is 10.4. The number of hydrogen-bond acceptors (Lipinski definition) is 6. The molecule has 3 heterocycles. The average molecular weight is 325 g/mol. The Bertz CT molecular complexity index is 660. The lowest BCUT2D eigenvalue weighted by molar-refractivity contribution is 0.614. The van der Waals surface area contributed by atoms with Gasteiger partial charge in [0.1, 0.15) is 5.82 Å². The van der Waals surface area contributed by atoms with Crippen molar-refractivity contribution in [3.05, 3.63) is 27.9 Å². The third-order valence-electron chi connectivity index (χ3n) is 3.28. The van der Waals surface area contributed by atoms with Gasteiger partial charge in [-0.1, -0.05) is 0 Å². The van der Waals surface area contributed by atoms with E-state index in [-0.39, 0.29) is 5.56 Å². The third-order valence-corrected chi connectivity index (χ3v) is 5.71. The molecule has 1 atom stereocenters. The summed E-state index contributed by atoms with van der Waals surface area (Å²) in [5.74, 6) is 4.87. The number of rotatable bonds is 3. The van der Waals surface area contributed by atoms with E-state index in [1.54, 1.807) is 6.92 Å². The second-order valence-corrected chi connectivity index (χ2v) is 7.57. The molecule has 1 aliphatic heterocycles. The van der Waals surface area contributed by atoms with E-state index in [1.165, 1.54) is 34.3 Å². The SMILES string of the molecule is Cc1cc(=O)n2[nH]c(CNC3CCSCCCS3)nc2n1. The lowest BCUT2D eigenvalue weighted by Crippen LogP contribution is -2.28. The highest BCUT2D eigenvalue weighted by molar-refractivity contribution is 8.01. The van der Waals surface area contributed by atoms with Crippen molar-refractivity contribution < 1.29 is 0 Å². The fourth-order valence-electron chi connectivity index (χ4n) is 2.25. The number of aromatic nitrogens is 4. The van der Waals surface area contributed by atoms with Crippen LogP contribution in [0.2, 0.25) is 0 Å². The van der Waals surface area contributed by atoms with E-state index in [1.807, 2.05) is 23.5 Å². The van der Waals surface area contributed by atoms with Crippen LogP contribution >= 0.6 is 23.5 Å². The fraction of sp³-hybridized carbons (Fsp3) is 0.615. The first-order valence-electron chi connectivity index (χ1n) is 7.10. The van der Waals surface area contributed by atoms with E-state index < -0.39 is 0 Å². The highest BCUT2D eigenvalue weighted by Gasteiger charge is 2.13. The van der Waals surface area contributed by atoms with Crippen LogP contribution in [0.3, 0.4) is 0 Å². The van der Waals surface area contributed by atoms with Crippen LogP contribution in [-0.4, -0.2) is 42.2 Å². The van der Waals surface area contributed by atoms with Gasteiger partial charge in [0.05, 0.1) is 11.9 Å². The summed E-state index contributed by atoms with van der Waals surface area (Å²) in [7, 11) is 0. The Hall–Kier alpha value is -0.990. The summed E-state index contributed by atoms with van der Waals surface area (Å²) in [6.07, 6.45) is 2.43. The zero-order valence-corrected chi connectivity index (χ0v) is 13.6. The Morgan fingerprint density at radius 3 is 3.24 bits per heavy atom. The van der Waals surface area contributed by atoms with E-state index in [9.17, 15) is 4.79 Å². The molecule has 1 fully saturated rings. The smallest absolute Gasteiger partial charge is 0.274 e. The number of nitrogens with zero attached hydrogens (tertiary/aromatic N) is 3. The van der Waals surface area contributed by atoms with Crippen LogP contribution in [0.4, 0.5) is 0 Å². The second-order valence-electron chi connectivity index (χ2n) is 5.04. The molecule has 0 radical (unpaired) electrons. The monoisotopic (exact) mass is 325 g/mol. The highest BCUT2D eigenvalue weighted by Crippen LogP contribution is 2.21. The molecule has 0 aliphatic carbocycles. The number of hydrogen-bond donors (Lipinski definition) is 2. The van der Waals surface area contributed by atoms with E-state index in [2.05, 4.69) is 20.4 Å². The van der Waals surface area contributed by atoms with Gasteiger partial charge in [-0.05, 0) is 37.0 Å². The molecular formula is C13H19N5OS2. The number of H-pyrrole nitrogens is 1. The minimum Gasteiger partial charge on any atom is -0.298 e. The van der Waals surface area contributed by atoms with Gasteiger partial charge in [0.2, 0.25) is 0 Å². The molecule has 1 saturated heterocycles. The van der Waals surface area contributed by atoms with Crippen molar-refractivity contribution in [2.45, 2.75) is 31.7 Å². The minimum atomic E-state index is -0.118. The number of nitrogens with one attached hydrogen (secondary N) is 2. The number of fused-ring (bicyclic) bond motifs is 1.